The molecule has 4 N–H and O–H groups in total. The molecule has 0 aromatic heterocycles. The van der Waals surface area contributed by atoms with Crippen LogP contribution in [0.1, 0.15) is 18.4 Å². The van der Waals surface area contributed by atoms with E-state index in [9.17, 15) is 0 Å². The number of methoxy groups -OCH3 is 1. The van der Waals surface area contributed by atoms with Gasteiger partial charge in [0.2, 0.25) is 5.96 Å². The zero-order chi connectivity index (χ0) is 14.6. The van der Waals surface area contributed by atoms with E-state index in [1.54, 1.807) is 7.11 Å². The summed E-state index contributed by atoms with van der Waals surface area (Å²) in [6.45, 7) is 3.05. The molecular formula is C14H21N3O3. The van der Waals surface area contributed by atoms with Crippen LogP contribution in [0.2, 0.25) is 0 Å². The average molecular weight is 279 g/mol. The van der Waals surface area contributed by atoms with Crippen molar-refractivity contribution in [1.82, 2.24) is 0 Å². The van der Waals surface area contributed by atoms with Crippen LogP contribution in [-0.4, -0.2) is 26.3 Å². The van der Waals surface area contributed by atoms with Crippen molar-refractivity contribution in [3.63, 3.8) is 0 Å². The Bertz CT molecular complexity index is 494. The molecule has 20 heavy (non-hydrogen) atoms. The minimum Gasteiger partial charge on any atom is -0.497 e. The van der Waals surface area contributed by atoms with E-state index in [4.69, 9.17) is 25.8 Å². The Hall–Kier alpha value is -2.11. The molecule has 0 amide bonds. The molecule has 110 valence electrons. The van der Waals surface area contributed by atoms with Gasteiger partial charge in [0.1, 0.15) is 18.1 Å². The first-order valence-electron chi connectivity index (χ1n) is 6.52. The second-order valence-electron chi connectivity index (χ2n) is 5.26. The van der Waals surface area contributed by atoms with Gasteiger partial charge in [0.15, 0.2) is 0 Å². The van der Waals surface area contributed by atoms with Crippen LogP contribution in [0.15, 0.2) is 23.4 Å². The molecule has 1 saturated carbocycles. The second kappa shape index (κ2) is 5.90. The van der Waals surface area contributed by atoms with Crippen molar-refractivity contribution >= 4 is 5.96 Å². The third kappa shape index (κ3) is 3.94. The number of guanidine groups is 1. The van der Waals surface area contributed by atoms with Crippen molar-refractivity contribution in [3.8, 4) is 11.5 Å². The smallest absolute Gasteiger partial charge is 0.228 e. The van der Waals surface area contributed by atoms with E-state index < -0.39 is 0 Å². The molecule has 1 aliphatic carbocycles. The van der Waals surface area contributed by atoms with Gasteiger partial charge in [-0.25, -0.2) is 0 Å². The Labute approximate surface area is 118 Å². The maximum Gasteiger partial charge on any atom is 0.228 e. The maximum absolute atomic E-state index is 5.84. The van der Waals surface area contributed by atoms with Gasteiger partial charge in [-0.3, -0.25) is 0 Å². The predicted molar refractivity (Wildman–Crippen MR) is 76.7 cm³/mol. The highest BCUT2D eigenvalue weighted by Gasteiger charge is 2.45. The fourth-order valence-corrected chi connectivity index (χ4v) is 1.90. The molecule has 1 aliphatic rings. The molecule has 2 rings (SSSR count). The fraction of sp³-hybridized carbons (Fsp3) is 0.500. The molecule has 0 unspecified atom stereocenters. The number of nitrogens with zero attached hydrogens (tertiary/aromatic N) is 1. The Morgan fingerprint density at radius 3 is 2.50 bits per heavy atom. The number of oxime groups is 1. The van der Waals surface area contributed by atoms with Crippen LogP contribution >= 0.6 is 0 Å². The van der Waals surface area contributed by atoms with E-state index in [2.05, 4.69) is 5.16 Å². The van der Waals surface area contributed by atoms with Gasteiger partial charge in [0, 0.05) is 11.5 Å². The highest BCUT2D eigenvalue weighted by molar-refractivity contribution is 5.74. The largest absolute Gasteiger partial charge is 0.497 e. The molecule has 0 spiro atoms. The first kappa shape index (κ1) is 14.3. The summed E-state index contributed by atoms with van der Waals surface area (Å²) in [5, 5.41) is 3.54. The van der Waals surface area contributed by atoms with E-state index in [0.29, 0.717) is 13.2 Å². The van der Waals surface area contributed by atoms with Crippen molar-refractivity contribution in [2.75, 3.05) is 20.3 Å². The Morgan fingerprint density at radius 1 is 1.20 bits per heavy atom. The lowest BCUT2D eigenvalue weighted by atomic mass is 10.1. The van der Waals surface area contributed by atoms with Gasteiger partial charge in [0.05, 0.1) is 13.7 Å². The molecule has 0 radical (unpaired) electrons. The Balaban J connectivity index is 1.88. The third-order valence-electron chi connectivity index (χ3n) is 3.30. The van der Waals surface area contributed by atoms with Gasteiger partial charge >= 0.3 is 0 Å². The van der Waals surface area contributed by atoms with Gasteiger partial charge in [-0.1, -0.05) is 0 Å². The lowest BCUT2D eigenvalue weighted by Crippen LogP contribution is -2.24. The first-order valence-corrected chi connectivity index (χ1v) is 6.52. The van der Waals surface area contributed by atoms with Gasteiger partial charge in [-0.15, -0.1) is 0 Å². The molecule has 1 fully saturated rings. The lowest BCUT2D eigenvalue weighted by Gasteiger charge is -2.15. The summed E-state index contributed by atoms with van der Waals surface area (Å²) >= 11 is 0. The van der Waals surface area contributed by atoms with Crippen molar-refractivity contribution in [2.45, 2.75) is 19.8 Å². The van der Waals surface area contributed by atoms with Crippen LogP contribution in [0.4, 0.5) is 0 Å². The third-order valence-corrected chi connectivity index (χ3v) is 3.30. The predicted octanol–water partition coefficient (Wildman–Crippen LogP) is 1.37. The number of nitrogens with two attached hydrogens (primary N) is 2. The monoisotopic (exact) mass is 279 g/mol. The fourth-order valence-electron chi connectivity index (χ4n) is 1.90. The quantitative estimate of drug-likeness (QED) is 0.447. The Kier molecular flexibility index (Phi) is 4.22. The van der Waals surface area contributed by atoms with Gasteiger partial charge < -0.3 is 25.8 Å². The molecule has 1 aromatic rings. The van der Waals surface area contributed by atoms with Crippen LogP contribution in [0.5, 0.6) is 11.5 Å². The number of ether oxygens (including phenoxy) is 2. The molecule has 0 aliphatic heterocycles. The summed E-state index contributed by atoms with van der Waals surface area (Å²) in [6.07, 6.45) is 2.10. The number of aryl methyl sites for hydroxylation is 1. The highest BCUT2D eigenvalue weighted by atomic mass is 16.6. The first-order chi connectivity index (χ1) is 9.53. The zero-order valence-corrected chi connectivity index (χ0v) is 11.9. The van der Waals surface area contributed by atoms with Crippen molar-refractivity contribution in [1.29, 1.82) is 0 Å². The Morgan fingerprint density at radius 2 is 1.90 bits per heavy atom. The number of benzene rings is 1. The zero-order valence-electron chi connectivity index (χ0n) is 11.9. The van der Waals surface area contributed by atoms with Crippen molar-refractivity contribution in [2.24, 2.45) is 22.0 Å². The van der Waals surface area contributed by atoms with Crippen molar-refractivity contribution in [3.05, 3.63) is 23.8 Å². The highest BCUT2D eigenvalue weighted by Crippen LogP contribution is 2.46. The molecular weight excluding hydrogens is 258 g/mol. The molecule has 0 saturated heterocycles. The van der Waals surface area contributed by atoms with Crippen LogP contribution < -0.4 is 20.9 Å². The lowest BCUT2D eigenvalue weighted by molar-refractivity contribution is 0.0714. The van der Waals surface area contributed by atoms with E-state index >= 15 is 0 Å². The summed E-state index contributed by atoms with van der Waals surface area (Å²) in [5.74, 6) is 1.53. The molecule has 0 atom stereocenters. The summed E-state index contributed by atoms with van der Waals surface area (Å²) < 4.78 is 11.1. The summed E-state index contributed by atoms with van der Waals surface area (Å²) in [5.41, 5.74) is 11.5. The molecule has 6 nitrogen and oxygen atoms in total. The van der Waals surface area contributed by atoms with E-state index in [0.717, 1.165) is 29.9 Å². The standard InChI is InChI=1S/C14H21N3O3/c1-10-5-11(18-2)7-12(6-10)19-8-14(3-4-14)9-20-17-13(15)16/h5-7H,3-4,8-9H2,1-2H3,(H4,15,16,17). The van der Waals surface area contributed by atoms with Crippen LogP contribution in [0, 0.1) is 12.3 Å². The molecule has 0 heterocycles. The average Bonchev–Trinajstić information content (AvgIpc) is 3.16. The summed E-state index contributed by atoms with van der Waals surface area (Å²) in [6, 6.07) is 5.82. The van der Waals surface area contributed by atoms with E-state index in [1.165, 1.54) is 0 Å². The van der Waals surface area contributed by atoms with Gasteiger partial charge in [-0.2, -0.15) is 0 Å². The summed E-state index contributed by atoms with van der Waals surface area (Å²) in [7, 11) is 1.64. The normalized spacial score (nSPS) is 15.3. The molecule has 6 heteroatoms. The van der Waals surface area contributed by atoms with Crippen LogP contribution in [0.3, 0.4) is 0 Å². The number of rotatable bonds is 7. The number of hydrogen-bond acceptors (Lipinski definition) is 4. The van der Waals surface area contributed by atoms with Gasteiger partial charge in [0.25, 0.3) is 0 Å². The van der Waals surface area contributed by atoms with Crippen LogP contribution in [0.25, 0.3) is 0 Å². The minimum atomic E-state index is -0.0647. The summed E-state index contributed by atoms with van der Waals surface area (Å²) in [4.78, 5) is 5.11. The maximum atomic E-state index is 5.84. The number of hydrogen-bond donors (Lipinski definition) is 2. The van der Waals surface area contributed by atoms with Gasteiger partial charge in [-0.05, 0) is 42.6 Å². The molecule has 0 bridgehead atoms. The van der Waals surface area contributed by atoms with Crippen molar-refractivity contribution < 1.29 is 14.3 Å². The second-order valence-corrected chi connectivity index (χ2v) is 5.26. The molecule has 1 aromatic carbocycles. The minimum absolute atomic E-state index is 0.0237. The van der Waals surface area contributed by atoms with E-state index in [-0.39, 0.29) is 11.4 Å². The topological polar surface area (TPSA) is 92.1 Å². The SMILES string of the molecule is COc1cc(C)cc(OCC2(CON=C(N)N)CC2)c1. The van der Waals surface area contributed by atoms with E-state index in [1.807, 2.05) is 25.1 Å². The van der Waals surface area contributed by atoms with Crippen LogP contribution in [-0.2, 0) is 4.84 Å².